The van der Waals surface area contributed by atoms with Crippen LogP contribution in [0.15, 0.2) is 12.3 Å². The molecule has 0 amide bonds. The summed E-state index contributed by atoms with van der Waals surface area (Å²) < 4.78 is 0. The number of hydrogen-bond acceptors (Lipinski definition) is 4. The molecule has 100 valence electrons. The van der Waals surface area contributed by atoms with E-state index in [0.29, 0.717) is 12.5 Å². The second kappa shape index (κ2) is 5.33. The maximum Gasteiger partial charge on any atom is 0.134 e. The molecular formula is C14H24N4. The Bertz CT molecular complexity index is 403. The van der Waals surface area contributed by atoms with Crippen LogP contribution in [-0.2, 0) is 5.41 Å². The first-order chi connectivity index (χ1) is 8.53. The number of likely N-dealkylation sites (tertiary alicyclic amines) is 1. The van der Waals surface area contributed by atoms with Gasteiger partial charge in [-0.25, -0.2) is 9.97 Å². The smallest absolute Gasteiger partial charge is 0.134 e. The molecule has 1 aromatic heterocycles. The van der Waals surface area contributed by atoms with Crippen molar-refractivity contribution in [3.63, 3.8) is 0 Å². The number of nitrogens with two attached hydrogens (primary N) is 1. The first-order valence-corrected chi connectivity index (χ1v) is 6.75. The van der Waals surface area contributed by atoms with E-state index in [1.54, 1.807) is 0 Å². The van der Waals surface area contributed by atoms with Crippen molar-refractivity contribution in [2.24, 2.45) is 5.73 Å². The van der Waals surface area contributed by atoms with Gasteiger partial charge in [0, 0.05) is 29.8 Å². The molecule has 1 unspecified atom stereocenters. The van der Waals surface area contributed by atoms with Gasteiger partial charge in [-0.05, 0) is 39.0 Å². The van der Waals surface area contributed by atoms with Gasteiger partial charge in [-0.2, -0.15) is 0 Å². The van der Waals surface area contributed by atoms with E-state index in [0.717, 1.165) is 25.3 Å². The van der Waals surface area contributed by atoms with Crippen molar-refractivity contribution in [3.8, 4) is 0 Å². The van der Waals surface area contributed by atoms with Crippen LogP contribution < -0.4 is 5.73 Å². The Balaban J connectivity index is 2.19. The molecule has 2 heterocycles. The average molecular weight is 248 g/mol. The zero-order valence-electron chi connectivity index (χ0n) is 11.7. The number of rotatable bonds is 4. The molecule has 1 aromatic rings. The van der Waals surface area contributed by atoms with Gasteiger partial charge in [0.05, 0.1) is 0 Å². The molecule has 0 spiro atoms. The lowest BCUT2D eigenvalue weighted by atomic mass is 9.88. The lowest BCUT2D eigenvalue weighted by molar-refractivity contribution is 0.409. The summed E-state index contributed by atoms with van der Waals surface area (Å²) >= 11 is 0. The number of likely N-dealkylation sites (N-methyl/N-ethyl adjacent to an activating group) is 1. The summed E-state index contributed by atoms with van der Waals surface area (Å²) in [6.45, 7) is 7.27. The van der Waals surface area contributed by atoms with Gasteiger partial charge in [-0.3, -0.25) is 0 Å². The zero-order chi connectivity index (χ0) is 13.2. The monoisotopic (exact) mass is 248 g/mol. The highest BCUT2D eigenvalue weighted by Crippen LogP contribution is 2.28. The quantitative estimate of drug-likeness (QED) is 0.878. The predicted octanol–water partition coefficient (Wildman–Crippen LogP) is 1.52. The van der Waals surface area contributed by atoms with Gasteiger partial charge in [-0.1, -0.05) is 13.8 Å². The maximum atomic E-state index is 5.67. The first-order valence-electron chi connectivity index (χ1n) is 6.75. The second-order valence-electron chi connectivity index (χ2n) is 5.98. The Hall–Kier alpha value is -1.00. The minimum absolute atomic E-state index is 0.0325. The van der Waals surface area contributed by atoms with Crippen LogP contribution in [0.2, 0.25) is 0 Å². The Labute approximate surface area is 110 Å². The van der Waals surface area contributed by atoms with Crippen molar-refractivity contribution < 1.29 is 0 Å². The summed E-state index contributed by atoms with van der Waals surface area (Å²) in [5.74, 6) is 1.49. The van der Waals surface area contributed by atoms with Crippen molar-refractivity contribution in [2.45, 2.75) is 38.0 Å². The number of nitrogens with zero attached hydrogens (tertiary/aromatic N) is 3. The molecule has 1 fully saturated rings. The number of hydrogen-bond donors (Lipinski definition) is 1. The highest BCUT2D eigenvalue weighted by Gasteiger charge is 2.26. The van der Waals surface area contributed by atoms with Crippen LogP contribution in [0.3, 0.4) is 0 Å². The molecule has 1 saturated heterocycles. The Morgan fingerprint density at radius 2 is 2.28 bits per heavy atom. The van der Waals surface area contributed by atoms with Crippen LogP contribution in [0.5, 0.6) is 0 Å². The summed E-state index contributed by atoms with van der Waals surface area (Å²) in [4.78, 5) is 11.6. The molecule has 0 aliphatic carbocycles. The molecule has 1 aliphatic rings. The SMILES string of the molecule is CN1CCC(c2ccnc(C(C)(C)CCN)n2)C1. The molecule has 4 nitrogen and oxygen atoms in total. The van der Waals surface area contributed by atoms with E-state index in [4.69, 9.17) is 10.7 Å². The minimum atomic E-state index is -0.0325. The second-order valence-corrected chi connectivity index (χ2v) is 5.98. The lowest BCUT2D eigenvalue weighted by Crippen LogP contribution is -2.25. The topological polar surface area (TPSA) is 55.0 Å². The largest absolute Gasteiger partial charge is 0.330 e. The average Bonchev–Trinajstić information content (AvgIpc) is 2.76. The highest BCUT2D eigenvalue weighted by atomic mass is 15.1. The molecule has 2 N–H and O–H groups in total. The maximum absolute atomic E-state index is 5.67. The molecule has 1 aliphatic heterocycles. The van der Waals surface area contributed by atoms with Gasteiger partial charge in [0.15, 0.2) is 0 Å². The fourth-order valence-corrected chi connectivity index (χ4v) is 2.58. The summed E-state index contributed by atoms with van der Waals surface area (Å²) in [6.07, 6.45) is 4.01. The van der Waals surface area contributed by atoms with Gasteiger partial charge in [0.2, 0.25) is 0 Å². The number of aromatic nitrogens is 2. The van der Waals surface area contributed by atoms with Crippen LogP contribution >= 0.6 is 0 Å². The minimum Gasteiger partial charge on any atom is -0.330 e. The molecule has 4 heteroatoms. The fourth-order valence-electron chi connectivity index (χ4n) is 2.58. The highest BCUT2D eigenvalue weighted by molar-refractivity contribution is 5.14. The molecule has 0 aromatic carbocycles. The van der Waals surface area contributed by atoms with E-state index in [9.17, 15) is 0 Å². The van der Waals surface area contributed by atoms with Crippen LogP contribution in [0.4, 0.5) is 0 Å². The van der Waals surface area contributed by atoms with E-state index >= 15 is 0 Å². The van der Waals surface area contributed by atoms with Crippen LogP contribution in [-0.4, -0.2) is 41.5 Å². The van der Waals surface area contributed by atoms with Gasteiger partial charge in [0.25, 0.3) is 0 Å². The predicted molar refractivity (Wildman–Crippen MR) is 73.6 cm³/mol. The van der Waals surface area contributed by atoms with Crippen LogP contribution in [0.1, 0.15) is 44.1 Å². The Kier molecular flexibility index (Phi) is 3.97. The Morgan fingerprint density at radius 3 is 2.89 bits per heavy atom. The van der Waals surface area contributed by atoms with Gasteiger partial charge in [-0.15, -0.1) is 0 Å². The third kappa shape index (κ3) is 2.87. The first kappa shape index (κ1) is 13.4. The Morgan fingerprint density at radius 1 is 1.50 bits per heavy atom. The van der Waals surface area contributed by atoms with Crippen molar-refractivity contribution in [1.29, 1.82) is 0 Å². The van der Waals surface area contributed by atoms with E-state index in [1.807, 2.05) is 6.20 Å². The van der Waals surface area contributed by atoms with E-state index < -0.39 is 0 Å². The summed E-state index contributed by atoms with van der Waals surface area (Å²) in [7, 11) is 2.17. The molecule has 2 rings (SSSR count). The van der Waals surface area contributed by atoms with Crippen molar-refractivity contribution in [3.05, 3.63) is 23.8 Å². The summed E-state index contributed by atoms with van der Waals surface area (Å²) in [6, 6.07) is 2.06. The van der Waals surface area contributed by atoms with Crippen molar-refractivity contribution in [1.82, 2.24) is 14.9 Å². The van der Waals surface area contributed by atoms with Crippen molar-refractivity contribution in [2.75, 3.05) is 26.7 Å². The van der Waals surface area contributed by atoms with Gasteiger partial charge >= 0.3 is 0 Å². The molecule has 18 heavy (non-hydrogen) atoms. The lowest BCUT2D eigenvalue weighted by Gasteiger charge is -2.23. The van der Waals surface area contributed by atoms with Crippen LogP contribution in [0.25, 0.3) is 0 Å². The van der Waals surface area contributed by atoms with Crippen molar-refractivity contribution >= 4 is 0 Å². The molecule has 0 bridgehead atoms. The summed E-state index contributed by atoms with van der Waals surface area (Å²) in [5, 5.41) is 0. The summed E-state index contributed by atoms with van der Waals surface area (Å²) in [5.41, 5.74) is 6.82. The van der Waals surface area contributed by atoms with Crippen LogP contribution in [0, 0.1) is 0 Å². The molecule has 0 radical (unpaired) electrons. The van der Waals surface area contributed by atoms with Gasteiger partial charge < -0.3 is 10.6 Å². The molecule has 1 atom stereocenters. The molecule has 0 saturated carbocycles. The van der Waals surface area contributed by atoms with Gasteiger partial charge in [0.1, 0.15) is 5.82 Å². The zero-order valence-corrected chi connectivity index (χ0v) is 11.7. The standard InChI is InChI=1S/C14H24N4/c1-14(2,6-7-15)13-16-8-4-12(17-13)11-5-9-18(3)10-11/h4,8,11H,5-7,9-10,15H2,1-3H3. The van der Waals surface area contributed by atoms with E-state index in [2.05, 4.69) is 36.8 Å². The fraction of sp³-hybridized carbons (Fsp3) is 0.714. The third-order valence-electron chi connectivity index (χ3n) is 3.86. The molecular weight excluding hydrogens is 224 g/mol. The normalized spacial score (nSPS) is 21.4. The van der Waals surface area contributed by atoms with E-state index in [1.165, 1.54) is 12.1 Å². The third-order valence-corrected chi connectivity index (χ3v) is 3.86. The van der Waals surface area contributed by atoms with E-state index in [-0.39, 0.29) is 5.41 Å².